The third-order valence-corrected chi connectivity index (χ3v) is 9.83. The average Bonchev–Trinajstić information content (AvgIpc) is 3.37. The van der Waals surface area contributed by atoms with Crippen molar-refractivity contribution in [2.45, 2.75) is 123 Å². The van der Waals surface area contributed by atoms with Gasteiger partial charge in [-0.2, -0.15) is 5.06 Å². The van der Waals surface area contributed by atoms with E-state index in [-0.39, 0.29) is 37.6 Å². The van der Waals surface area contributed by atoms with Crippen LogP contribution in [0.15, 0.2) is 35.5 Å². The average molecular weight is 528 g/mol. The van der Waals surface area contributed by atoms with Crippen molar-refractivity contribution in [3.05, 3.63) is 35.5 Å². The topological polar surface area (TPSA) is 76.1 Å². The number of carbonyl (C=O) groups is 2. The molecule has 38 heavy (non-hydrogen) atoms. The molecular weight excluding hydrogens is 478 g/mol. The summed E-state index contributed by atoms with van der Waals surface area (Å²) in [4.78, 5) is 28.8. The molecule has 0 radical (unpaired) electrons. The minimum atomic E-state index is -0.567. The zero-order chi connectivity index (χ0) is 27.5. The standard InChI is InChI=1S/C32H49NO5/c1-22-10-13-26(37-21-38-33-29(34)16-17-30(33)35)20-25(22)12-11-24-9-7-19-32(5)27(14-15-28(24)32)23(2)8-6-18-31(3,4)36/h11-12,23,26-28,36H,1,6-10,13-21H2,2-5H3/b24-11+,25-12-/t23-,26-,27+,28?,32+/m0/s1. The molecule has 4 aliphatic rings. The number of ether oxygens (including phenoxy) is 1. The lowest BCUT2D eigenvalue weighted by Crippen LogP contribution is -2.36. The van der Waals surface area contributed by atoms with Crippen LogP contribution in [0.3, 0.4) is 0 Å². The van der Waals surface area contributed by atoms with Crippen LogP contribution >= 0.6 is 0 Å². The Kier molecular flexibility index (Phi) is 9.37. The highest BCUT2D eigenvalue weighted by atomic mass is 16.8. The van der Waals surface area contributed by atoms with Gasteiger partial charge in [-0.05, 0) is 100 Å². The molecule has 1 N–H and O–H groups in total. The summed E-state index contributed by atoms with van der Waals surface area (Å²) in [5.41, 5.74) is 3.82. The smallest absolute Gasteiger partial charge is 0.254 e. The summed E-state index contributed by atoms with van der Waals surface area (Å²) in [5, 5.41) is 11.0. The molecule has 1 heterocycles. The Morgan fingerprint density at radius 2 is 1.87 bits per heavy atom. The van der Waals surface area contributed by atoms with E-state index in [0.29, 0.717) is 17.3 Å². The van der Waals surface area contributed by atoms with Crippen molar-refractivity contribution in [1.29, 1.82) is 0 Å². The molecule has 6 nitrogen and oxygen atoms in total. The molecule has 212 valence electrons. The van der Waals surface area contributed by atoms with Gasteiger partial charge >= 0.3 is 0 Å². The van der Waals surface area contributed by atoms with Crippen LogP contribution in [0.4, 0.5) is 0 Å². The predicted molar refractivity (Wildman–Crippen MR) is 149 cm³/mol. The maximum Gasteiger partial charge on any atom is 0.254 e. The molecule has 5 atom stereocenters. The van der Waals surface area contributed by atoms with Gasteiger partial charge < -0.3 is 9.84 Å². The first-order valence-electron chi connectivity index (χ1n) is 14.9. The number of hydroxylamine groups is 2. The Balaban J connectivity index is 1.35. The zero-order valence-electron chi connectivity index (χ0n) is 24.1. The number of carbonyl (C=O) groups excluding carboxylic acids is 2. The van der Waals surface area contributed by atoms with E-state index in [1.807, 2.05) is 13.8 Å². The lowest BCUT2D eigenvalue weighted by molar-refractivity contribution is -0.225. The quantitative estimate of drug-likeness (QED) is 0.250. The van der Waals surface area contributed by atoms with Gasteiger partial charge in [0.15, 0.2) is 6.79 Å². The molecule has 3 aliphatic carbocycles. The maximum absolute atomic E-state index is 11.7. The van der Waals surface area contributed by atoms with E-state index in [1.54, 1.807) is 5.57 Å². The number of hydrogen-bond donors (Lipinski definition) is 1. The molecule has 1 saturated heterocycles. The maximum atomic E-state index is 11.7. The first-order chi connectivity index (χ1) is 18.0. The molecule has 3 saturated carbocycles. The molecule has 0 spiro atoms. The number of nitrogens with zero attached hydrogens (tertiary/aromatic N) is 1. The van der Waals surface area contributed by atoms with E-state index in [4.69, 9.17) is 9.57 Å². The molecular formula is C32H49NO5. The van der Waals surface area contributed by atoms with E-state index in [1.165, 1.54) is 49.7 Å². The van der Waals surface area contributed by atoms with E-state index >= 15 is 0 Å². The van der Waals surface area contributed by atoms with Gasteiger partial charge in [0, 0.05) is 12.8 Å². The summed E-state index contributed by atoms with van der Waals surface area (Å²) in [6.45, 7) is 13.0. The van der Waals surface area contributed by atoms with Crippen LogP contribution in [0.1, 0.15) is 111 Å². The highest BCUT2D eigenvalue weighted by Crippen LogP contribution is 2.60. The van der Waals surface area contributed by atoms with Crippen molar-refractivity contribution in [2.75, 3.05) is 6.79 Å². The SMILES string of the molecule is C=C1CC[C@H](OCON2C(=O)CCC2=O)C/C1=C/C=C1\CCC[C@@]2(C)C1CC[C@@H]2[C@@H](C)CCCC(C)(C)O. The van der Waals surface area contributed by atoms with Crippen molar-refractivity contribution >= 4 is 11.8 Å². The number of allylic oxidation sites excluding steroid dienone is 4. The van der Waals surface area contributed by atoms with Gasteiger partial charge in [0.25, 0.3) is 11.8 Å². The van der Waals surface area contributed by atoms with Crippen molar-refractivity contribution in [2.24, 2.45) is 23.2 Å². The van der Waals surface area contributed by atoms with Crippen molar-refractivity contribution in [3.63, 3.8) is 0 Å². The van der Waals surface area contributed by atoms with Gasteiger partial charge in [-0.1, -0.05) is 56.6 Å². The van der Waals surface area contributed by atoms with Crippen molar-refractivity contribution in [1.82, 2.24) is 5.06 Å². The Bertz CT molecular complexity index is 943. The van der Waals surface area contributed by atoms with E-state index in [2.05, 4.69) is 32.6 Å². The molecule has 1 aliphatic heterocycles. The number of aliphatic hydroxyl groups is 1. The molecule has 0 bridgehead atoms. The van der Waals surface area contributed by atoms with Crippen LogP contribution in [-0.4, -0.2) is 40.5 Å². The second-order valence-corrected chi connectivity index (χ2v) is 13.2. The number of hydrogen-bond acceptors (Lipinski definition) is 5. The van der Waals surface area contributed by atoms with Crippen LogP contribution in [0.5, 0.6) is 0 Å². The highest BCUT2D eigenvalue weighted by Gasteiger charge is 2.50. The van der Waals surface area contributed by atoms with Gasteiger partial charge in [-0.3, -0.25) is 9.59 Å². The fourth-order valence-electron chi connectivity index (χ4n) is 7.67. The minimum absolute atomic E-state index is 0.00446. The summed E-state index contributed by atoms with van der Waals surface area (Å²) in [7, 11) is 0. The van der Waals surface area contributed by atoms with Gasteiger partial charge in [0.1, 0.15) is 0 Å². The summed E-state index contributed by atoms with van der Waals surface area (Å²) in [5.74, 6) is 1.51. The van der Waals surface area contributed by atoms with Crippen molar-refractivity contribution < 1.29 is 24.3 Å². The molecule has 0 aromatic heterocycles. The third kappa shape index (κ3) is 6.86. The van der Waals surface area contributed by atoms with Crippen molar-refractivity contribution in [3.8, 4) is 0 Å². The number of imide groups is 1. The molecule has 1 unspecified atom stereocenters. The first-order valence-corrected chi connectivity index (χ1v) is 14.9. The zero-order valence-corrected chi connectivity index (χ0v) is 24.1. The van der Waals surface area contributed by atoms with Gasteiger partial charge in [-0.25, -0.2) is 4.84 Å². The van der Waals surface area contributed by atoms with E-state index in [0.717, 1.165) is 43.1 Å². The van der Waals surface area contributed by atoms with Crippen LogP contribution in [0.2, 0.25) is 0 Å². The molecule has 2 amide bonds. The van der Waals surface area contributed by atoms with E-state index in [9.17, 15) is 14.7 Å². The largest absolute Gasteiger partial charge is 0.390 e. The summed E-state index contributed by atoms with van der Waals surface area (Å²) in [6.07, 6.45) is 17.1. The summed E-state index contributed by atoms with van der Waals surface area (Å²) >= 11 is 0. The van der Waals surface area contributed by atoms with Gasteiger partial charge in [0.2, 0.25) is 0 Å². The monoisotopic (exact) mass is 527 g/mol. The number of fused-ring (bicyclic) bond motifs is 1. The predicted octanol–water partition coefficient (Wildman–Crippen LogP) is 6.80. The first kappa shape index (κ1) is 29.2. The Labute approximate surface area is 229 Å². The molecule has 0 aromatic rings. The fourth-order valence-corrected chi connectivity index (χ4v) is 7.67. The lowest BCUT2D eigenvalue weighted by Gasteiger charge is -2.44. The van der Waals surface area contributed by atoms with Gasteiger partial charge in [0.05, 0.1) is 11.7 Å². The lowest BCUT2D eigenvalue weighted by atomic mass is 9.60. The Morgan fingerprint density at radius 3 is 2.58 bits per heavy atom. The highest BCUT2D eigenvalue weighted by molar-refractivity contribution is 6.00. The second-order valence-electron chi connectivity index (χ2n) is 13.2. The molecule has 4 fully saturated rings. The number of amides is 2. The number of rotatable bonds is 10. The summed E-state index contributed by atoms with van der Waals surface area (Å²) in [6, 6.07) is 0. The van der Waals surface area contributed by atoms with Crippen LogP contribution < -0.4 is 0 Å². The minimum Gasteiger partial charge on any atom is -0.390 e. The van der Waals surface area contributed by atoms with Crippen LogP contribution in [0.25, 0.3) is 0 Å². The normalized spacial score (nSPS) is 33.4. The van der Waals surface area contributed by atoms with Gasteiger partial charge in [-0.15, -0.1) is 0 Å². The molecule has 4 rings (SSSR count). The third-order valence-electron chi connectivity index (χ3n) is 9.83. The van der Waals surface area contributed by atoms with Crippen LogP contribution in [-0.2, 0) is 19.2 Å². The summed E-state index contributed by atoms with van der Waals surface area (Å²) < 4.78 is 5.90. The second kappa shape index (κ2) is 12.2. The Morgan fingerprint density at radius 1 is 1.13 bits per heavy atom. The molecule has 0 aromatic carbocycles. The van der Waals surface area contributed by atoms with E-state index < -0.39 is 5.60 Å². The molecule has 6 heteroatoms. The fraction of sp³-hybridized carbons (Fsp3) is 0.750. The van der Waals surface area contributed by atoms with Crippen LogP contribution in [0, 0.1) is 23.2 Å². The Hall–Kier alpha value is -1.76.